The summed E-state index contributed by atoms with van der Waals surface area (Å²) in [5.41, 5.74) is 2.24. The van der Waals surface area contributed by atoms with E-state index in [1.807, 2.05) is 22.6 Å². The monoisotopic (exact) mass is 662 g/mol. The molecule has 0 atom stereocenters. The summed E-state index contributed by atoms with van der Waals surface area (Å²) in [5, 5.41) is 26.5. The number of hydrogen-bond donors (Lipinski definition) is 1. The molecule has 3 rings (SSSR count). The number of hydrogen-bond acceptors (Lipinski definition) is 10. The summed E-state index contributed by atoms with van der Waals surface area (Å²) in [6.45, 7) is 5.87. The number of amides is 1. The van der Waals surface area contributed by atoms with Gasteiger partial charge in [-0.05, 0) is 71.5 Å². The number of nitrogens with zero attached hydrogens (tertiary/aromatic N) is 3. The van der Waals surface area contributed by atoms with Crippen molar-refractivity contribution in [3.05, 3.63) is 96.1 Å². The van der Waals surface area contributed by atoms with Gasteiger partial charge in [-0.25, -0.2) is 5.43 Å². The third-order valence-corrected chi connectivity index (χ3v) is 5.86. The zero-order valence-electron chi connectivity index (χ0n) is 21.3. The van der Waals surface area contributed by atoms with Crippen molar-refractivity contribution in [2.24, 2.45) is 5.10 Å². The molecule has 0 unspecified atom stereocenters. The van der Waals surface area contributed by atoms with Crippen LogP contribution in [0.3, 0.4) is 0 Å². The molecule has 40 heavy (non-hydrogen) atoms. The van der Waals surface area contributed by atoms with E-state index in [0.29, 0.717) is 20.6 Å². The maximum absolute atomic E-state index is 12.6. The fourth-order valence-electron chi connectivity index (χ4n) is 3.29. The Morgan fingerprint density at radius 3 is 2.42 bits per heavy atom. The fraction of sp³-hybridized carbons (Fsp3) is 0.154. The molecule has 0 bridgehead atoms. The minimum absolute atomic E-state index is 0.173. The van der Waals surface area contributed by atoms with Crippen LogP contribution in [0.25, 0.3) is 0 Å². The molecule has 0 heterocycles. The van der Waals surface area contributed by atoms with Crippen molar-refractivity contribution in [3.8, 4) is 28.7 Å². The predicted octanol–water partition coefficient (Wildman–Crippen LogP) is 5.64. The Morgan fingerprint density at radius 1 is 1.02 bits per heavy atom. The molecular formula is C26H23IN4O9. The number of carbonyl (C=O) groups is 1. The van der Waals surface area contributed by atoms with Crippen LogP contribution in [0.5, 0.6) is 28.7 Å². The molecule has 0 saturated heterocycles. The first-order valence-corrected chi connectivity index (χ1v) is 12.6. The Labute approximate surface area is 241 Å². The molecule has 0 aliphatic carbocycles. The van der Waals surface area contributed by atoms with Crippen LogP contribution < -0.4 is 24.4 Å². The highest BCUT2D eigenvalue weighted by atomic mass is 127. The summed E-state index contributed by atoms with van der Waals surface area (Å²) in [5.74, 6) is 0.565. The number of hydrazone groups is 1. The van der Waals surface area contributed by atoms with Crippen LogP contribution in [0.15, 0.2) is 66.3 Å². The Kier molecular flexibility index (Phi) is 10.4. The first kappa shape index (κ1) is 29.8. The molecule has 208 valence electrons. The van der Waals surface area contributed by atoms with E-state index in [2.05, 4.69) is 17.1 Å². The summed E-state index contributed by atoms with van der Waals surface area (Å²) >= 11 is 1.96. The minimum Gasteiger partial charge on any atom is -0.493 e. The number of methoxy groups -OCH3 is 1. The van der Waals surface area contributed by atoms with E-state index in [4.69, 9.17) is 18.9 Å². The second-order valence-electron chi connectivity index (χ2n) is 7.70. The molecule has 0 spiro atoms. The lowest BCUT2D eigenvalue weighted by atomic mass is 10.2. The van der Waals surface area contributed by atoms with Gasteiger partial charge in [0.2, 0.25) is 5.75 Å². The van der Waals surface area contributed by atoms with Crippen molar-refractivity contribution >= 4 is 46.1 Å². The summed E-state index contributed by atoms with van der Waals surface area (Å²) < 4.78 is 22.7. The van der Waals surface area contributed by atoms with Gasteiger partial charge in [-0.1, -0.05) is 12.7 Å². The fourth-order valence-corrected chi connectivity index (χ4v) is 4.02. The van der Waals surface area contributed by atoms with E-state index in [0.717, 1.165) is 18.2 Å². The average Bonchev–Trinajstić information content (AvgIpc) is 2.93. The van der Waals surface area contributed by atoms with Crippen LogP contribution in [0.4, 0.5) is 11.4 Å². The van der Waals surface area contributed by atoms with Crippen molar-refractivity contribution in [2.75, 3.05) is 20.3 Å². The normalized spacial score (nSPS) is 10.6. The summed E-state index contributed by atoms with van der Waals surface area (Å²) in [6.07, 6.45) is 2.98. The number of nitro groups is 2. The summed E-state index contributed by atoms with van der Waals surface area (Å²) in [6, 6.07) is 11.0. The second-order valence-corrected chi connectivity index (χ2v) is 8.86. The van der Waals surface area contributed by atoms with Crippen LogP contribution in [-0.2, 0) is 0 Å². The van der Waals surface area contributed by atoms with Gasteiger partial charge < -0.3 is 18.9 Å². The zero-order valence-corrected chi connectivity index (χ0v) is 23.4. The van der Waals surface area contributed by atoms with Gasteiger partial charge in [0.15, 0.2) is 23.0 Å². The van der Waals surface area contributed by atoms with Gasteiger partial charge in [0.25, 0.3) is 11.6 Å². The molecule has 1 N–H and O–H groups in total. The first-order chi connectivity index (χ1) is 19.2. The number of carbonyl (C=O) groups excluding carboxylic acids is 1. The molecule has 0 aliphatic rings. The number of rotatable bonds is 13. The Hall–Kier alpha value is -4.73. The van der Waals surface area contributed by atoms with Crippen molar-refractivity contribution in [1.29, 1.82) is 0 Å². The van der Waals surface area contributed by atoms with Gasteiger partial charge >= 0.3 is 5.69 Å². The molecule has 0 aliphatic heterocycles. The summed E-state index contributed by atoms with van der Waals surface area (Å²) in [7, 11) is 1.46. The number of nitro benzene ring substituents is 2. The van der Waals surface area contributed by atoms with Crippen LogP contribution >= 0.6 is 22.6 Å². The maximum Gasteiger partial charge on any atom is 0.318 e. The highest BCUT2D eigenvalue weighted by Gasteiger charge is 2.23. The highest BCUT2D eigenvalue weighted by molar-refractivity contribution is 14.1. The van der Waals surface area contributed by atoms with E-state index in [1.54, 1.807) is 37.3 Å². The Morgan fingerprint density at radius 2 is 1.77 bits per heavy atom. The number of nitrogens with one attached hydrogen (secondary N) is 1. The maximum atomic E-state index is 12.6. The van der Waals surface area contributed by atoms with Crippen molar-refractivity contribution in [3.63, 3.8) is 0 Å². The van der Waals surface area contributed by atoms with Crippen LogP contribution in [0.2, 0.25) is 0 Å². The minimum atomic E-state index is -0.767. The zero-order chi connectivity index (χ0) is 29.2. The number of ether oxygens (including phenoxy) is 4. The molecule has 0 saturated carbocycles. The third kappa shape index (κ3) is 7.43. The Bertz CT molecular complexity index is 1480. The molecule has 1 amide bonds. The van der Waals surface area contributed by atoms with E-state index in [-0.39, 0.29) is 36.0 Å². The lowest BCUT2D eigenvalue weighted by Gasteiger charge is -2.14. The number of benzene rings is 3. The van der Waals surface area contributed by atoms with E-state index in [9.17, 15) is 25.0 Å². The third-order valence-electron chi connectivity index (χ3n) is 5.06. The van der Waals surface area contributed by atoms with Crippen LogP contribution in [0.1, 0.15) is 22.8 Å². The average molecular weight is 662 g/mol. The topological polar surface area (TPSA) is 165 Å². The van der Waals surface area contributed by atoms with Crippen molar-refractivity contribution < 1.29 is 33.6 Å². The number of halogens is 1. The number of non-ortho nitro benzene ring substituents is 1. The van der Waals surface area contributed by atoms with Crippen molar-refractivity contribution in [2.45, 2.75) is 6.92 Å². The van der Waals surface area contributed by atoms with Gasteiger partial charge in [-0.3, -0.25) is 25.0 Å². The lowest BCUT2D eigenvalue weighted by Crippen LogP contribution is -2.17. The second kappa shape index (κ2) is 13.9. The molecule has 3 aromatic rings. The largest absolute Gasteiger partial charge is 0.493 e. The molecule has 0 aromatic heterocycles. The smallest absolute Gasteiger partial charge is 0.318 e. The summed E-state index contributed by atoms with van der Waals surface area (Å²) in [4.78, 5) is 33.6. The van der Waals surface area contributed by atoms with E-state index < -0.39 is 27.1 Å². The van der Waals surface area contributed by atoms with Gasteiger partial charge in [0.05, 0.1) is 39.4 Å². The lowest BCUT2D eigenvalue weighted by molar-refractivity contribution is -0.394. The van der Waals surface area contributed by atoms with Crippen molar-refractivity contribution in [1.82, 2.24) is 5.43 Å². The van der Waals surface area contributed by atoms with E-state index in [1.165, 1.54) is 19.4 Å². The Balaban J connectivity index is 1.82. The first-order valence-electron chi connectivity index (χ1n) is 11.5. The molecular weight excluding hydrogens is 639 g/mol. The molecule has 0 radical (unpaired) electrons. The van der Waals surface area contributed by atoms with Gasteiger partial charge in [-0.15, -0.1) is 0 Å². The van der Waals surface area contributed by atoms with E-state index >= 15 is 0 Å². The van der Waals surface area contributed by atoms with Crippen LogP contribution in [-0.4, -0.2) is 42.3 Å². The SMILES string of the molecule is C=CCOc1ccc(C(=O)N/N=C/c2cc(I)c(Oc3ccc([N+](=O)[O-])cc3[N+](=O)[O-])c(OCC)c2)cc1OC. The molecule has 14 heteroatoms. The molecule has 0 fully saturated rings. The standard InChI is InChI=1S/C26H23IN4O9/c1-4-10-39-22-8-6-17(13-23(22)37-3)26(32)29-28-15-16-11-19(27)25(24(12-16)38-5-2)40-21-9-7-18(30(33)34)14-20(21)31(35)36/h4,6-9,11-15H,1,5,10H2,2-3H3,(H,29,32)/b28-15+. The van der Waals surface area contributed by atoms with Gasteiger partial charge in [-0.2, -0.15) is 5.10 Å². The van der Waals surface area contributed by atoms with Crippen LogP contribution in [0, 0.1) is 23.8 Å². The molecule has 3 aromatic carbocycles. The van der Waals surface area contributed by atoms with Gasteiger partial charge in [0.1, 0.15) is 6.61 Å². The highest BCUT2D eigenvalue weighted by Crippen LogP contribution is 2.41. The van der Waals surface area contributed by atoms with Gasteiger partial charge in [0, 0.05) is 11.6 Å². The predicted molar refractivity (Wildman–Crippen MR) is 154 cm³/mol. The quantitative estimate of drug-likeness (QED) is 0.0802. The molecule has 13 nitrogen and oxygen atoms in total.